The molecule has 35 heavy (non-hydrogen) atoms. The number of nitrogens with zero attached hydrogens (tertiary/aromatic N) is 2. The Balaban J connectivity index is 1.70. The molecule has 1 aromatic heterocycles. The van der Waals surface area contributed by atoms with Crippen molar-refractivity contribution in [1.29, 1.82) is 0 Å². The zero-order valence-electron chi connectivity index (χ0n) is 19.4. The third-order valence-electron chi connectivity index (χ3n) is 5.71. The molecule has 0 radical (unpaired) electrons. The number of anilines is 1. The second-order valence-corrected chi connectivity index (χ2v) is 8.12. The van der Waals surface area contributed by atoms with E-state index in [1.807, 2.05) is 36.4 Å². The number of para-hydroxylation sites is 1. The lowest BCUT2D eigenvalue weighted by atomic mass is 10.0. The first-order chi connectivity index (χ1) is 16.9. The number of benzene rings is 3. The Bertz CT molecular complexity index is 1410. The second kappa shape index (κ2) is 10.3. The van der Waals surface area contributed by atoms with Gasteiger partial charge in [-0.15, -0.1) is 0 Å². The molecule has 2 N–H and O–H groups in total. The van der Waals surface area contributed by atoms with Crippen molar-refractivity contribution >= 4 is 17.4 Å². The van der Waals surface area contributed by atoms with Crippen molar-refractivity contribution in [3.05, 3.63) is 118 Å². The maximum Gasteiger partial charge on any atom is 0.291 e. The molecular weight excluding hydrogens is 447 g/mol. The van der Waals surface area contributed by atoms with E-state index in [1.165, 1.54) is 28.9 Å². The highest BCUT2D eigenvalue weighted by molar-refractivity contribution is 6.09. The Morgan fingerprint density at radius 1 is 0.943 bits per heavy atom. The summed E-state index contributed by atoms with van der Waals surface area (Å²) < 4.78 is 16.4. The van der Waals surface area contributed by atoms with Gasteiger partial charge in [0, 0.05) is 11.1 Å². The highest BCUT2D eigenvalue weighted by atomic mass is 19.1. The first kappa shape index (κ1) is 23.8. The normalized spacial score (nSPS) is 11.7. The van der Waals surface area contributed by atoms with Gasteiger partial charge < -0.3 is 10.6 Å². The van der Waals surface area contributed by atoms with Crippen LogP contribution in [0.1, 0.15) is 28.4 Å². The molecule has 0 fully saturated rings. The molecule has 0 aliphatic heterocycles. The number of carbonyl (C=O) groups excluding carboxylic acids is 2. The standard InChI is InChI=1S/C27H25FN4O3/c1-18(29-2)26(34)30-24-17-31(23-9-4-3-5-10-23)32(27(24)35)16-19-7-6-8-21(15-19)25(33)20-11-13-22(28)14-12-20/h3-15,17-18,29H,16H2,1-2H3,(H,30,34). The van der Waals surface area contributed by atoms with Crippen molar-refractivity contribution in [3.8, 4) is 5.69 Å². The van der Waals surface area contributed by atoms with Gasteiger partial charge in [0.05, 0.1) is 24.5 Å². The quantitative estimate of drug-likeness (QED) is 0.384. The molecule has 1 heterocycles. The van der Waals surface area contributed by atoms with Crippen LogP contribution in [0.4, 0.5) is 10.1 Å². The van der Waals surface area contributed by atoms with Crippen molar-refractivity contribution in [2.75, 3.05) is 12.4 Å². The molecule has 4 aromatic rings. The Labute approximate surface area is 201 Å². The second-order valence-electron chi connectivity index (χ2n) is 8.12. The Morgan fingerprint density at radius 2 is 1.66 bits per heavy atom. The number of likely N-dealkylation sites (N-methyl/N-ethyl adjacent to an activating group) is 1. The maximum absolute atomic E-state index is 13.3. The largest absolute Gasteiger partial charge is 0.319 e. The molecule has 1 unspecified atom stereocenters. The monoisotopic (exact) mass is 472 g/mol. The lowest BCUT2D eigenvalue weighted by Crippen LogP contribution is -2.36. The third-order valence-corrected chi connectivity index (χ3v) is 5.71. The van der Waals surface area contributed by atoms with Crippen LogP contribution in [-0.2, 0) is 11.3 Å². The minimum Gasteiger partial charge on any atom is -0.319 e. The molecule has 0 saturated heterocycles. The molecule has 3 aromatic carbocycles. The molecular formula is C27H25FN4O3. The first-order valence-electron chi connectivity index (χ1n) is 11.1. The van der Waals surface area contributed by atoms with Crippen molar-refractivity contribution in [2.45, 2.75) is 19.5 Å². The van der Waals surface area contributed by atoms with E-state index >= 15 is 0 Å². The molecule has 0 aliphatic carbocycles. The number of rotatable bonds is 8. The molecule has 8 heteroatoms. The van der Waals surface area contributed by atoms with Gasteiger partial charge in [0.15, 0.2) is 5.78 Å². The Hall–Kier alpha value is -4.30. The van der Waals surface area contributed by atoms with Crippen molar-refractivity contribution in [3.63, 3.8) is 0 Å². The summed E-state index contributed by atoms with van der Waals surface area (Å²) >= 11 is 0. The van der Waals surface area contributed by atoms with E-state index in [0.717, 1.165) is 11.3 Å². The van der Waals surface area contributed by atoms with Crippen molar-refractivity contribution in [2.24, 2.45) is 0 Å². The smallest absolute Gasteiger partial charge is 0.291 e. The van der Waals surface area contributed by atoms with Crippen molar-refractivity contribution in [1.82, 2.24) is 14.7 Å². The van der Waals surface area contributed by atoms with Gasteiger partial charge in [-0.3, -0.25) is 19.1 Å². The average Bonchev–Trinajstić information content (AvgIpc) is 3.18. The minimum atomic E-state index is -0.475. The van der Waals surface area contributed by atoms with Gasteiger partial charge in [0.1, 0.15) is 11.5 Å². The zero-order chi connectivity index (χ0) is 24.9. The molecule has 1 atom stereocenters. The predicted molar refractivity (Wildman–Crippen MR) is 133 cm³/mol. The lowest BCUT2D eigenvalue weighted by molar-refractivity contribution is -0.117. The van der Waals surface area contributed by atoms with Gasteiger partial charge in [-0.1, -0.05) is 36.4 Å². The average molecular weight is 473 g/mol. The number of halogens is 1. The van der Waals surface area contributed by atoms with Crippen LogP contribution in [-0.4, -0.2) is 34.1 Å². The summed E-state index contributed by atoms with van der Waals surface area (Å²) in [6.07, 6.45) is 1.59. The van der Waals surface area contributed by atoms with Gasteiger partial charge in [0.2, 0.25) is 5.91 Å². The van der Waals surface area contributed by atoms with Crippen molar-refractivity contribution < 1.29 is 14.0 Å². The summed E-state index contributed by atoms with van der Waals surface area (Å²) in [5, 5.41) is 5.54. The number of carbonyl (C=O) groups is 2. The summed E-state index contributed by atoms with van der Waals surface area (Å²) in [4.78, 5) is 38.6. The molecule has 4 rings (SSSR count). The fraction of sp³-hybridized carbons (Fsp3) is 0.148. The summed E-state index contributed by atoms with van der Waals surface area (Å²) in [6, 6.07) is 21.1. The zero-order valence-corrected chi connectivity index (χ0v) is 19.4. The highest BCUT2D eigenvalue weighted by Crippen LogP contribution is 2.16. The van der Waals surface area contributed by atoms with E-state index in [4.69, 9.17) is 0 Å². The topological polar surface area (TPSA) is 85.1 Å². The SMILES string of the molecule is CNC(C)C(=O)Nc1cn(-c2ccccc2)n(Cc2cccc(C(=O)c3ccc(F)cc3)c2)c1=O. The van der Waals surface area contributed by atoms with Crippen LogP contribution >= 0.6 is 0 Å². The van der Waals surface area contributed by atoms with E-state index in [0.29, 0.717) is 11.1 Å². The summed E-state index contributed by atoms with van der Waals surface area (Å²) in [7, 11) is 1.66. The number of ketones is 1. The van der Waals surface area contributed by atoms with Gasteiger partial charge in [-0.2, -0.15) is 0 Å². The molecule has 0 bridgehead atoms. The minimum absolute atomic E-state index is 0.152. The van der Waals surface area contributed by atoms with E-state index in [-0.39, 0.29) is 29.5 Å². The Kier molecular flexibility index (Phi) is 7.03. The number of hydrogen-bond acceptors (Lipinski definition) is 4. The van der Waals surface area contributed by atoms with Crippen LogP contribution in [0.2, 0.25) is 0 Å². The first-order valence-corrected chi connectivity index (χ1v) is 11.1. The molecule has 0 spiro atoms. The van der Waals surface area contributed by atoms with Crippen LogP contribution in [0.15, 0.2) is 89.9 Å². The van der Waals surface area contributed by atoms with Gasteiger partial charge in [-0.25, -0.2) is 9.07 Å². The molecule has 178 valence electrons. The number of amides is 1. The number of nitrogens with one attached hydrogen (secondary N) is 2. The van der Waals surface area contributed by atoms with E-state index in [2.05, 4.69) is 10.6 Å². The van der Waals surface area contributed by atoms with Crippen LogP contribution in [0.5, 0.6) is 0 Å². The summed E-state index contributed by atoms with van der Waals surface area (Å²) in [5.74, 6) is -0.983. The van der Waals surface area contributed by atoms with Crippen LogP contribution in [0, 0.1) is 5.82 Å². The maximum atomic E-state index is 13.3. The Morgan fingerprint density at radius 3 is 2.34 bits per heavy atom. The van der Waals surface area contributed by atoms with Crippen LogP contribution in [0.25, 0.3) is 5.69 Å². The molecule has 1 amide bonds. The van der Waals surface area contributed by atoms with Gasteiger partial charge in [0.25, 0.3) is 5.56 Å². The van der Waals surface area contributed by atoms with E-state index < -0.39 is 11.9 Å². The highest BCUT2D eigenvalue weighted by Gasteiger charge is 2.18. The van der Waals surface area contributed by atoms with Gasteiger partial charge >= 0.3 is 0 Å². The number of aromatic nitrogens is 2. The van der Waals surface area contributed by atoms with E-state index in [9.17, 15) is 18.8 Å². The molecule has 0 aliphatic rings. The lowest BCUT2D eigenvalue weighted by Gasteiger charge is -2.12. The molecule has 7 nitrogen and oxygen atoms in total. The van der Waals surface area contributed by atoms with Crippen LogP contribution < -0.4 is 16.2 Å². The fourth-order valence-corrected chi connectivity index (χ4v) is 3.64. The third kappa shape index (κ3) is 5.28. The summed E-state index contributed by atoms with van der Waals surface area (Å²) in [5.41, 5.74) is 2.04. The number of hydrogen-bond donors (Lipinski definition) is 2. The summed E-state index contributed by atoms with van der Waals surface area (Å²) in [6.45, 7) is 1.86. The molecule has 0 saturated carbocycles. The fourth-order valence-electron chi connectivity index (χ4n) is 3.64. The van der Waals surface area contributed by atoms with Crippen LogP contribution in [0.3, 0.4) is 0 Å². The predicted octanol–water partition coefficient (Wildman–Crippen LogP) is 3.60. The van der Waals surface area contributed by atoms with Gasteiger partial charge in [-0.05, 0) is 62.0 Å². The van der Waals surface area contributed by atoms with E-state index in [1.54, 1.807) is 43.0 Å².